The average molecular weight is 247 g/mol. The van der Waals surface area contributed by atoms with Crippen LogP contribution < -0.4 is 0 Å². The number of nitro benzene ring substituents is 1. The summed E-state index contributed by atoms with van der Waals surface area (Å²) >= 11 is 0. The number of aromatic hydroxyl groups is 1. The van der Waals surface area contributed by atoms with E-state index in [1.165, 1.54) is 18.0 Å². The van der Waals surface area contributed by atoms with E-state index in [2.05, 4.69) is 0 Å². The quantitative estimate of drug-likeness (QED) is 0.445. The van der Waals surface area contributed by atoms with Gasteiger partial charge in [0.15, 0.2) is 0 Å². The Labute approximate surface area is 134 Å². The van der Waals surface area contributed by atoms with Crippen LogP contribution in [-0.2, 0) is 6.54 Å². The van der Waals surface area contributed by atoms with Crippen molar-refractivity contribution in [1.82, 2.24) is 4.90 Å². The molecule has 0 saturated heterocycles. The second-order valence-electron chi connectivity index (χ2n) is 3.38. The first-order chi connectivity index (χ1) is 7.02. The fourth-order valence-electron chi connectivity index (χ4n) is 1.68. The van der Waals surface area contributed by atoms with Crippen LogP contribution in [0.4, 0.5) is 5.69 Å². The molecule has 0 unspecified atom stereocenters. The second-order valence-corrected chi connectivity index (χ2v) is 3.38. The molecule has 1 N–H and O–H groups in total. The van der Waals surface area contributed by atoms with Gasteiger partial charge in [-0.25, -0.2) is 0 Å². The normalized spacial score (nSPS) is 13.3. The van der Waals surface area contributed by atoms with Gasteiger partial charge in [0.25, 0.3) is 11.6 Å². The van der Waals surface area contributed by atoms with Gasteiger partial charge in [-0.05, 0) is 6.07 Å². The Bertz CT molecular complexity index is 475. The van der Waals surface area contributed by atoms with E-state index in [9.17, 15) is 20.0 Å². The summed E-state index contributed by atoms with van der Waals surface area (Å²) in [6.45, 7) is 0.210. The fourth-order valence-corrected chi connectivity index (χ4v) is 1.68. The third kappa shape index (κ3) is 2.01. The Morgan fingerprint density at radius 1 is 1.50 bits per heavy atom. The number of carbonyl (C=O) groups excluding carboxylic acids is 1. The molecule has 7 heteroatoms. The minimum absolute atomic E-state index is 0. The van der Waals surface area contributed by atoms with Crippen LogP contribution in [0.25, 0.3) is 0 Å². The number of rotatable bonds is 1. The zero-order valence-corrected chi connectivity index (χ0v) is 12.1. The van der Waals surface area contributed by atoms with Gasteiger partial charge in [0.1, 0.15) is 11.3 Å². The standard InChI is InChI=1S/C9H8N2O4.K/c1-10-4-5-7(12)3-2-6(11(14)15)8(5)9(10)13;/h2-3,12H,4H2,1H3;. The van der Waals surface area contributed by atoms with Crippen LogP contribution in [-0.4, -0.2) is 79.3 Å². The van der Waals surface area contributed by atoms with Crippen LogP contribution in [0.3, 0.4) is 0 Å². The van der Waals surface area contributed by atoms with Gasteiger partial charge < -0.3 is 10.0 Å². The molecule has 0 atom stereocenters. The molecular formula is C9H8KN2O4. The van der Waals surface area contributed by atoms with Crippen LogP contribution in [0.2, 0.25) is 0 Å². The van der Waals surface area contributed by atoms with Gasteiger partial charge in [-0.3, -0.25) is 14.9 Å². The summed E-state index contributed by atoms with van der Waals surface area (Å²) in [5.41, 5.74) is 0.0800. The summed E-state index contributed by atoms with van der Waals surface area (Å²) in [7, 11) is 1.53. The van der Waals surface area contributed by atoms with Gasteiger partial charge in [-0.2, -0.15) is 0 Å². The molecule has 1 heterocycles. The molecule has 1 aliphatic heterocycles. The number of nitro groups is 1. The maximum absolute atomic E-state index is 11.6. The fraction of sp³-hybridized carbons (Fsp3) is 0.222. The predicted octanol–water partition coefficient (Wildman–Crippen LogP) is 0.505. The summed E-state index contributed by atoms with van der Waals surface area (Å²) in [6.07, 6.45) is 0. The number of benzene rings is 1. The number of phenols is 1. The summed E-state index contributed by atoms with van der Waals surface area (Å²) in [5, 5.41) is 20.1. The van der Waals surface area contributed by atoms with Crippen molar-refractivity contribution < 1.29 is 14.8 Å². The Hall–Kier alpha value is -0.474. The third-order valence-corrected chi connectivity index (χ3v) is 2.42. The maximum atomic E-state index is 11.6. The van der Waals surface area contributed by atoms with E-state index < -0.39 is 10.8 Å². The maximum Gasteiger partial charge on any atom is 0.282 e. The summed E-state index contributed by atoms with van der Waals surface area (Å²) in [6, 6.07) is 2.38. The molecule has 0 aliphatic carbocycles. The molecule has 0 aromatic heterocycles. The second kappa shape index (κ2) is 4.80. The molecule has 1 aliphatic rings. The van der Waals surface area contributed by atoms with E-state index in [4.69, 9.17) is 0 Å². The van der Waals surface area contributed by atoms with E-state index >= 15 is 0 Å². The Balaban J connectivity index is 0.00000128. The van der Waals surface area contributed by atoms with Crippen molar-refractivity contribution in [2.24, 2.45) is 0 Å². The minimum Gasteiger partial charge on any atom is -0.508 e. The Morgan fingerprint density at radius 3 is 2.69 bits per heavy atom. The zero-order chi connectivity index (χ0) is 11.2. The first-order valence-corrected chi connectivity index (χ1v) is 4.27. The van der Waals surface area contributed by atoms with E-state index in [0.29, 0.717) is 5.56 Å². The van der Waals surface area contributed by atoms with Crippen molar-refractivity contribution in [3.8, 4) is 5.75 Å². The number of phenolic OH excluding ortho intramolecular Hbond substituents is 1. The van der Waals surface area contributed by atoms with Gasteiger partial charge in [0, 0.05) is 70.1 Å². The first-order valence-electron chi connectivity index (χ1n) is 4.27. The topological polar surface area (TPSA) is 83.7 Å². The third-order valence-electron chi connectivity index (χ3n) is 2.42. The molecule has 1 aromatic rings. The molecular weight excluding hydrogens is 239 g/mol. The van der Waals surface area contributed by atoms with Crippen LogP contribution in [0.1, 0.15) is 15.9 Å². The number of hydrogen-bond acceptors (Lipinski definition) is 4. The van der Waals surface area contributed by atoms with Crippen molar-refractivity contribution in [3.63, 3.8) is 0 Å². The van der Waals surface area contributed by atoms with Crippen LogP contribution in [0, 0.1) is 10.1 Å². The van der Waals surface area contributed by atoms with Crippen LogP contribution >= 0.6 is 0 Å². The molecule has 0 fully saturated rings. The molecule has 0 spiro atoms. The minimum atomic E-state index is -0.616. The van der Waals surface area contributed by atoms with Crippen molar-refractivity contribution in [3.05, 3.63) is 33.4 Å². The number of hydrogen-bond donors (Lipinski definition) is 1. The van der Waals surface area contributed by atoms with Crippen LogP contribution in [0.15, 0.2) is 12.1 Å². The molecule has 1 radical (unpaired) electrons. The molecule has 2 rings (SSSR count). The SMILES string of the molecule is CN1Cc2c(O)ccc([N+](=O)[O-])c2C1=O.[K]. The van der Waals surface area contributed by atoms with Crippen molar-refractivity contribution >= 4 is 63.0 Å². The molecule has 6 nitrogen and oxygen atoms in total. The molecule has 16 heavy (non-hydrogen) atoms. The van der Waals surface area contributed by atoms with Gasteiger partial charge in [0.05, 0.1) is 11.5 Å². The number of amides is 1. The molecule has 1 amide bonds. The number of fused-ring (bicyclic) bond motifs is 1. The summed E-state index contributed by atoms with van der Waals surface area (Å²) in [4.78, 5) is 23.0. The van der Waals surface area contributed by atoms with E-state index in [1.54, 1.807) is 0 Å². The molecule has 79 valence electrons. The average Bonchev–Trinajstić information content (AvgIpc) is 2.46. The van der Waals surface area contributed by atoms with Gasteiger partial charge >= 0.3 is 0 Å². The van der Waals surface area contributed by atoms with Crippen molar-refractivity contribution in [1.29, 1.82) is 0 Å². The smallest absolute Gasteiger partial charge is 0.282 e. The van der Waals surface area contributed by atoms with E-state index in [1.807, 2.05) is 0 Å². The summed E-state index contributed by atoms with van der Waals surface area (Å²) < 4.78 is 0. The monoisotopic (exact) mass is 247 g/mol. The molecule has 0 saturated carbocycles. The van der Waals surface area contributed by atoms with E-state index in [-0.39, 0.29) is 74.9 Å². The number of nitrogens with zero attached hydrogens (tertiary/aromatic N) is 2. The molecule has 0 bridgehead atoms. The Morgan fingerprint density at radius 2 is 2.12 bits per heavy atom. The predicted molar refractivity (Wildman–Crippen MR) is 56.3 cm³/mol. The van der Waals surface area contributed by atoms with Gasteiger partial charge in [-0.15, -0.1) is 0 Å². The van der Waals surface area contributed by atoms with Gasteiger partial charge in [-0.1, -0.05) is 0 Å². The van der Waals surface area contributed by atoms with Gasteiger partial charge in [0.2, 0.25) is 0 Å². The first kappa shape index (κ1) is 13.6. The zero-order valence-electron chi connectivity index (χ0n) is 8.93. The summed E-state index contributed by atoms with van der Waals surface area (Å²) in [5.74, 6) is -0.499. The van der Waals surface area contributed by atoms with Crippen molar-refractivity contribution in [2.45, 2.75) is 6.54 Å². The van der Waals surface area contributed by atoms with E-state index in [0.717, 1.165) is 6.07 Å². The molecule has 1 aromatic carbocycles. The van der Waals surface area contributed by atoms with Crippen LogP contribution in [0.5, 0.6) is 5.75 Å². The van der Waals surface area contributed by atoms with Crippen molar-refractivity contribution in [2.75, 3.05) is 7.05 Å². The number of carbonyl (C=O) groups is 1. The Kier molecular flexibility index (Phi) is 4.08. The largest absolute Gasteiger partial charge is 0.508 e.